The van der Waals surface area contributed by atoms with Gasteiger partial charge < -0.3 is 4.98 Å². The van der Waals surface area contributed by atoms with E-state index in [9.17, 15) is 4.79 Å². The van der Waals surface area contributed by atoms with E-state index in [1.54, 1.807) is 12.4 Å². The Bertz CT molecular complexity index is 214. The number of rotatable bonds is 2. The zero-order valence-electron chi connectivity index (χ0n) is 6.09. The van der Waals surface area contributed by atoms with Crippen molar-refractivity contribution in [1.29, 1.82) is 0 Å². The van der Waals surface area contributed by atoms with Gasteiger partial charge in [-0.25, -0.2) is 4.98 Å². The maximum absolute atomic E-state index is 11.1. The molecule has 0 radical (unpaired) electrons. The normalized spacial score (nSPS) is 10.3. The Labute approximate surface area is 59.5 Å². The van der Waals surface area contributed by atoms with Crippen LogP contribution in [0.2, 0.25) is 0 Å². The standard InChI is InChI=1S/C7H10N2O/c1-5(2)6(10)7-8-3-4-9-7/h3-5H,1-2H3,(H,8,9). The Balaban J connectivity index is 2.78. The highest BCUT2D eigenvalue weighted by Crippen LogP contribution is 2.01. The SMILES string of the molecule is CC(C)C(=O)c1ncc[nH]1. The van der Waals surface area contributed by atoms with Crippen LogP contribution < -0.4 is 0 Å². The number of Topliss-reactive ketones (excluding diaryl/α,β-unsaturated/α-hetero) is 1. The van der Waals surface area contributed by atoms with E-state index in [0.29, 0.717) is 5.82 Å². The summed E-state index contributed by atoms with van der Waals surface area (Å²) in [5, 5.41) is 0. The number of aromatic amines is 1. The Kier molecular flexibility index (Phi) is 1.85. The second kappa shape index (κ2) is 2.64. The Hall–Kier alpha value is -1.12. The van der Waals surface area contributed by atoms with Crippen molar-refractivity contribution in [3.8, 4) is 0 Å². The molecule has 1 heterocycles. The van der Waals surface area contributed by atoms with Gasteiger partial charge in [-0.15, -0.1) is 0 Å². The van der Waals surface area contributed by atoms with Crippen molar-refractivity contribution in [2.45, 2.75) is 13.8 Å². The van der Waals surface area contributed by atoms with Gasteiger partial charge >= 0.3 is 0 Å². The zero-order valence-corrected chi connectivity index (χ0v) is 6.09. The lowest BCUT2D eigenvalue weighted by atomic mass is 10.1. The van der Waals surface area contributed by atoms with Crippen LogP contribution in [-0.2, 0) is 0 Å². The summed E-state index contributed by atoms with van der Waals surface area (Å²) in [6, 6.07) is 0. The summed E-state index contributed by atoms with van der Waals surface area (Å²) >= 11 is 0. The van der Waals surface area contributed by atoms with Crippen LogP contribution in [0.5, 0.6) is 0 Å². The molecule has 0 aliphatic carbocycles. The van der Waals surface area contributed by atoms with Crippen LogP contribution in [0.3, 0.4) is 0 Å². The minimum Gasteiger partial charge on any atom is -0.342 e. The third kappa shape index (κ3) is 1.23. The predicted octanol–water partition coefficient (Wildman–Crippen LogP) is 1.25. The minimum atomic E-state index is 0.0196. The number of imidazole rings is 1. The van der Waals surface area contributed by atoms with Crippen LogP contribution in [0.4, 0.5) is 0 Å². The summed E-state index contributed by atoms with van der Waals surface area (Å²) in [5.41, 5.74) is 0. The number of ketones is 1. The third-order valence-electron chi connectivity index (χ3n) is 1.26. The second-order valence-electron chi connectivity index (χ2n) is 2.46. The van der Waals surface area contributed by atoms with Crippen molar-refractivity contribution in [2.24, 2.45) is 5.92 Å². The largest absolute Gasteiger partial charge is 0.342 e. The number of aromatic nitrogens is 2. The number of nitrogens with one attached hydrogen (secondary N) is 1. The molecule has 10 heavy (non-hydrogen) atoms. The van der Waals surface area contributed by atoms with E-state index in [2.05, 4.69) is 9.97 Å². The summed E-state index contributed by atoms with van der Waals surface area (Å²) in [4.78, 5) is 17.7. The van der Waals surface area contributed by atoms with Crippen molar-refractivity contribution in [3.63, 3.8) is 0 Å². The molecule has 1 aromatic rings. The molecule has 54 valence electrons. The molecule has 0 amide bonds. The average molecular weight is 138 g/mol. The molecule has 0 aliphatic rings. The molecule has 0 aromatic carbocycles. The summed E-state index contributed by atoms with van der Waals surface area (Å²) in [5.74, 6) is 0.533. The molecule has 0 saturated heterocycles. The van der Waals surface area contributed by atoms with Crippen LogP contribution in [0.1, 0.15) is 24.5 Å². The molecule has 0 bridgehead atoms. The maximum atomic E-state index is 11.1. The maximum Gasteiger partial charge on any atom is 0.200 e. The van der Waals surface area contributed by atoms with Gasteiger partial charge in [0.15, 0.2) is 5.82 Å². The number of nitrogens with zero attached hydrogens (tertiary/aromatic N) is 1. The molecule has 0 spiro atoms. The molecule has 1 aromatic heterocycles. The fraction of sp³-hybridized carbons (Fsp3) is 0.429. The van der Waals surface area contributed by atoms with Crippen molar-refractivity contribution < 1.29 is 4.79 Å². The molecular weight excluding hydrogens is 128 g/mol. The molecule has 0 unspecified atom stereocenters. The zero-order chi connectivity index (χ0) is 7.56. The first kappa shape index (κ1) is 6.99. The first-order chi connectivity index (χ1) is 4.72. The van der Waals surface area contributed by atoms with E-state index >= 15 is 0 Å². The lowest BCUT2D eigenvalue weighted by Crippen LogP contribution is -2.08. The van der Waals surface area contributed by atoms with Gasteiger partial charge in [0.25, 0.3) is 0 Å². The molecular formula is C7H10N2O. The molecule has 0 fully saturated rings. The fourth-order valence-corrected chi connectivity index (χ4v) is 0.673. The number of hydrogen-bond acceptors (Lipinski definition) is 2. The van der Waals surface area contributed by atoms with E-state index in [4.69, 9.17) is 0 Å². The first-order valence-electron chi connectivity index (χ1n) is 3.25. The molecule has 1 N–H and O–H groups in total. The molecule has 0 aliphatic heterocycles. The van der Waals surface area contributed by atoms with Crippen molar-refractivity contribution in [1.82, 2.24) is 9.97 Å². The average Bonchev–Trinajstić information content (AvgIpc) is 2.36. The predicted molar refractivity (Wildman–Crippen MR) is 37.8 cm³/mol. The number of H-pyrrole nitrogens is 1. The van der Waals surface area contributed by atoms with E-state index < -0.39 is 0 Å². The summed E-state index contributed by atoms with van der Waals surface area (Å²) in [7, 11) is 0. The second-order valence-corrected chi connectivity index (χ2v) is 2.46. The molecule has 0 saturated carbocycles. The van der Waals surface area contributed by atoms with Crippen LogP contribution in [0.25, 0.3) is 0 Å². The number of carbonyl (C=O) groups excluding carboxylic acids is 1. The van der Waals surface area contributed by atoms with Gasteiger partial charge in [-0.3, -0.25) is 4.79 Å². The topological polar surface area (TPSA) is 45.8 Å². The van der Waals surface area contributed by atoms with E-state index in [1.807, 2.05) is 13.8 Å². The van der Waals surface area contributed by atoms with Gasteiger partial charge in [0, 0.05) is 18.3 Å². The van der Waals surface area contributed by atoms with Gasteiger partial charge in [0.05, 0.1) is 0 Å². The van der Waals surface area contributed by atoms with Gasteiger partial charge in [-0.05, 0) is 0 Å². The number of carbonyl (C=O) groups is 1. The molecule has 1 rings (SSSR count). The Morgan fingerprint density at radius 2 is 2.40 bits per heavy atom. The highest BCUT2D eigenvalue weighted by Gasteiger charge is 2.11. The van der Waals surface area contributed by atoms with E-state index in [-0.39, 0.29) is 11.7 Å². The van der Waals surface area contributed by atoms with Crippen LogP contribution in [-0.4, -0.2) is 15.8 Å². The monoisotopic (exact) mass is 138 g/mol. The van der Waals surface area contributed by atoms with Crippen LogP contribution in [0, 0.1) is 5.92 Å². The molecule has 3 nitrogen and oxygen atoms in total. The lowest BCUT2D eigenvalue weighted by Gasteiger charge is -1.97. The number of hydrogen-bond donors (Lipinski definition) is 1. The van der Waals surface area contributed by atoms with Crippen molar-refractivity contribution in [3.05, 3.63) is 18.2 Å². The first-order valence-corrected chi connectivity index (χ1v) is 3.25. The van der Waals surface area contributed by atoms with E-state index in [1.165, 1.54) is 0 Å². The van der Waals surface area contributed by atoms with Crippen molar-refractivity contribution >= 4 is 5.78 Å². The Morgan fingerprint density at radius 3 is 2.80 bits per heavy atom. The summed E-state index contributed by atoms with van der Waals surface area (Å²) in [6.07, 6.45) is 3.23. The summed E-state index contributed by atoms with van der Waals surface area (Å²) < 4.78 is 0. The van der Waals surface area contributed by atoms with Crippen molar-refractivity contribution in [2.75, 3.05) is 0 Å². The Morgan fingerprint density at radius 1 is 1.70 bits per heavy atom. The summed E-state index contributed by atoms with van der Waals surface area (Å²) in [6.45, 7) is 3.70. The lowest BCUT2D eigenvalue weighted by molar-refractivity contribution is 0.0930. The highest BCUT2D eigenvalue weighted by molar-refractivity contribution is 5.93. The quantitative estimate of drug-likeness (QED) is 0.625. The van der Waals surface area contributed by atoms with Crippen LogP contribution in [0.15, 0.2) is 12.4 Å². The highest BCUT2D eigenvalue weighted by atomic mass is 16.1. The van der Waals surface area contributed by atoms with Gasteiger partial charge in [-0.1, -0.05) is 13.8 Å². The molecule has 3 heteroatoms. The molecule has 0 atom stereocenters. The van der Waals surface area contributed by atoms with Gasteiger partial charge in [0.1, 0.15) is 0 Å². The minimum absolute atomic E-state index is 0.0196. The van der Waals surface area contributed by atoms with E-state index in [0.717, 1.165) is 0 Å². The van der Waals surface area contributed by atoms with Gasteiger partial charge in [-0.2, -0.15) is 0 Å². The third-order valence-corrected chi connectivity index (χ3v) is 1.26. The van der Waals surface area contributed by atoms with Gasteiger partial charge in [0.2, 0.25) is 5.78 Å². The fourth-order valence-electron chi connectivity index (χ4n) is 0.673. The van der Waals surface area contributed by atoms with Crippen LogP contribution >= 0.6 is 0 Å². The smallest absolute Gasteiger partial charge is 0.200 e.